The highest BCUT2D eigenvalue weighted by atomic mass is 32.1. The summed E-state index contributed by atoms with van der Waals surface area (Å²) in [7, 11) is 0. The van der Waals surface area contributed by atoms with Gasteiger partial charge >= 0.3 is 0 Å². The second kappa shape index (κ2) is 5.71. The van der Waals surface area contributed by atoms with Crippen LogP contribution in [0.5, 0.6) is 0 Å². The van der Waals surface area contributed by atoms with Crippen molar-refractivity contribution in [3.05, 3.63) is 17.3 Å². The van der Waals surface area contributed by atoms with Gasteiger partial charge in [0, 0.05) is 30.6 Å². The summed E-state index contributed by atoms with van der Waals surface area (Å²) in [6.07, 6.45) is 3.95. The smallest absolute Gasteiger partial charge is 0.195 e. The first-order valence-corrected chi connectivity index (χ1v) is 8.13. The van der Waals surface area contributed by atoms with Crippen molar-refractivity contribution < 1.29 is 4.74 Å². The summed E-state index contributed by atoms with van der Waals surface area (Å²) in [6, 6.07) is 0.551. The van der Waals surface area contributed by atoms with Gasteiger partial charge in [-0.2, -0.15) is 0 Å². The van der Waals surface area contributed by atoms with E-state index in [0.717, 1.165) is 43.4 Å². The molecule has 1 aliphatic rings. The Morgan fingerprint density at radius 1 is 1.60 bits per heavy atom. The number of thiazole rings is 1. The van der Waals surface area contributed by atoms with E-state index in [2.05, 4.69) is 34.7 Å². The summed E-state index contributed by atoms with van der Waals surface area (Å²) in [4.78, 5) is 8.25. The summed E-state index contributed by atoms with van der Waals surface area (Å²) in [5, 5.41) is 2.08. The zero-order valence-corrected chi connectivity index (χ0v) is 12.9. The van der Waals surface area contributed by atoms with E-state index in [9.17, 15) is 0 Å². The average Bonchev–Trinajstić information content (AvgIpc) is 3.02. The maximum atomic E-state index is 6.18. The van der Waals surface area contributed by atoms with Gasteiger partial charge in [0.1, 0.15) is 0 Å². The van der Waals surface area contributed by atoms with Gasteiger partial charge in [-0.25, -0.2) is 4.98 Å². The molecule has 0 aliphatic carbocycles. The number of fused-ring (bicyclic) bond motifs is 1. The number of anilines is 1. The standard InChI is InChI=1S/C14H22N4OS/c1-3-11(15)8-12-13(16-14-18(12)5-7-20-14)17-4-6-19-9-10(17)2/h5,7,10-11H,3-4,6,8-9,15H2,1-2H3. The Morgan fingerprint density at radius 2 is 2.45 bits per heavy atom. The molecule has 0 bridgehead atoms. The molecule has 3 rings (SSSR count). The van der Waals surface area contributed by atoms with Crippen molar-refractivity contribution in [2.24, 2.45) is 5.73 Å². The van der Waals surface area contributed by atoms with Gasteiger partial charge in [-0.3, -0.25) is 4.40 Å². The van der Waals surface area contributed by atoms with Crippen molar-refractivity contribution in [1.82, 2.24) is 9.38 Å². The summed E-state index contributed by atoms with van der Waals surface area (Å²) < 4.78 is 7.72. The molecule has 2 unspecified atom stereocenters. The lowest BCUT2D eigenvalue weighted by Gasteiger charge is -2.34. The Kier molecular flexibility index (Phi) is 3.96. The molecule has 2 atom stereocenters. The van der Waals surface area contributed by atoms with Gasteiger partial charge < -0.3 is 15.4 Å². The highest BCUT2D eigenvalue weighted by molar-refractivity contribution is 7.15. The predicted octanol–water partition coefficient (Wildman–Crippen LogP) is 1.90. The number of nitrogens with zero attached hydrogens (tertiary/aromatic N) is 3. The Balaban J connectivity index is 2.00. The average molecular weight is 294 g/mol. The number of hydrogen-bond acceptors (Lipinski definition) is 5. The zero-order chi connectivity index (χ0) is 14.1. The van der Waals surface area contributed by atoms with Gasteiger partial charge in [0.25, 0.3) is 0 Å². The van der Waals surface area contributed by atoms with E-state index >= 15 is 0 Å². The molecule has 1 fully saturated rings. The van der Waals surface area contributed by atoms with Crippen molar-refractivity contribution in [3.63, 3.8) is 0 Å². The summed E-state index contributed by atoms with van der Waals surface area (Å²) in [5.41, 5.74) is 7.42. The van der Waals surface area contributed by atoms with E-state index in [1.807, 2.05) is 0 Å². The predicted molar refractivity (Wildman–Crippen MR) is 82.7 cm³/mol. The number of rotatable bonds is 4. The van der Waals surface area contributed by atoms with E-state index in [-0.39, 0.29) is 6.04 Å². The molecule has 0 aromatic carbocycles. The van der Waals surface area contributed by atoms with Crippen LogP contribution in [-0.4, -0.2) is 41.2 Å². The largest absolute Gasteiger partial charge is 0.377 e. The van der Waals surface area contributed by atoms with Gasteiger partial charge in [-0.1, -0.05) is 6.92 Å². The van der Waals surface area contributed by atoms with Crippen LogP contribution < -0.4 is 10.6 Å². The second-order valence-corrected chi connectivity index (χ2v) is 6.30. The first-order valence-electron chi connectivity index (χ1n) is 7.25. The van der Waals surface area contributed by atoms with Crippen LogP contribution in [0.4, 0.5) is 5.82 Å². The SMILES string of the molecule is CCC(N)Cc1c(N2CCOCC2C)nc2sccn12. The zero-order valence-electron chi connectivity index (χ0n) is 12.1. The normalized spacial score (nSPS) is 21.6. The van der Waals surface area contributed by atoms with Gasteiger partial charge in [-0.05, 0) is 13.3 Å². The molecule has 6 heteroatoms. The molecule has 0 saturated carbocycles. The highest BCUT2D eigenvalue weighted by Gasteiger charge is 2.26. The van der Waals surface area contributed by atoms with Crippen molar-refractivity contribution in [1.29, 1.82) is 0 Å². The number of morpholine rings is 1. The molecule has 0 radical (unpaired) electrons. The van der Waals surface area contributed by atoms with Gasteiger partial charge in [-0.15, -0.1) is 11.3 Å². The minimum absolute atomic E-state index is 0.185. The monoisotopic (exact) mass is 294 g/mol. The molecular formula is C14H22N4OS. The lowest BCUT2D eigenvalue weighted by molar-refractivity contribution is 0.0985. The molecule has 1 saturated heterocycles. The van der Waals surface area contributed by atoms with Crippen LogP contribution in [0.2, 0.25) is 0 Å². The third-order valence-electron chi connectivity index (χ3n) is 3.96. The van der Waals surface area contributed by atoms with Crippen molar-refractivity contribution in [2.75, 3.05) is 24.7 Å². The lowest BCUT2D eigenvalue weighted by Crippen LogP contribution is -2.44. The number of imidazole rings is 1. The number of ether oxygens (including phenoxy) is 1. The molecule has 3 heterocycles. The third kappa shape index (κ3) is 2.43. The lowest BCUT2D eigenvalue weighted by atomic mass is 10.1. The summed E-state index contributed by atoms with van der Waals surface area (Å²) in [5.74, 6) is 1.09. The Morgan fingerprint density at radius 3 is 3.20 bits per heavy atom. The Labute approximate surface area is 123 Å². The van der Waals surface area contributed by atoms with Gasteiger partial charge in [0.2, 0.25) is 0 Å². The van der Waals surface area contributed by atoms with E-state index in [4.69, 9.17) is 15.5 Å². The highest BCUT2D eigenvalue weighted by Crippen LogP contribution is 2.28. The molecule has 2 aromatic heterocycles. The Hall–Kier alpha value is -1.11. The maximum absolute atomic E-state index is 6.18. The number of aromatic nitrogens is 2. The maximum Gasteiger partial charge on any atom is 0.195 e. The fourth-order valence-electron chi connectivity index (χ4n) is 2.68. The first kappa shape index (κ1) is 13.9. The van der Waals surface area contributed by atoms with Crippen molar-refractivity contribution >= 4 is 22.1 Å². The van der Waals surface area contributed by atoms with Crippen LogP contribution in [0.15, 0.2) is 11.6 Å². The van der Waals surface area contributed by atoms with Crippen LogP contribution >= 0.6 is 11.3 Å². The summed E-state index contributed by atoms with van der Waals surface area (Å²) >= 11 is 1.68. The quantitative estimate of drug-likeness (QED) is 0.936. The first-order chi connectivity index (χ1) is 9.70. The van der Waals surface area contributed by atoms with E-state index in [1.54, 1.807) is 11.3 Å². The van der Waals surface area contributed by atoms with Crippen molar-refractivity contribution in [2.45, 2.75) is 38.8 Å². The number of nitrogens with two attached hydrogens (primary N) is 1. The molecular weight excluding hydrogens is 272 g/mol. The van der Waals surface area contributed by atoms with Crippen LogP contribution in [0, 0.1) is 0 Å². The van der Waals surface area contributed by atoms with Crippen LogP contribution in [-0.2, 0) is 11.2 Å². The van der Waals surface area contributed by atoms with Crippen LogP contribution in [0.1, 0.15) is 26.0 Å². The molecule has 5 nitrogen and oxygen atoms in total. The second-order valence-electron chi connectivity index (χ2n) is 5.43. The molecule has 1 aliphatic heterocycles. The van der Waals surface area contributed by atoms with E-state index in [0.29, 0.717) is 6.04 Å². The van der Waals surface area contributed by atoms with Gasteiger partial charge in [0.15, 0.2) is 10.8 Å². The van der Waals surface area contributed by atoms with E-state index < -0.39 is 0 Å². The molecule has 0 spiro atoms. The molecule has 20 heavy (non-hydrogen) atoms. The number of hydrogen-bond donors (Lipinski definition) is 1. The fourth-order valence-corrected chi connectivity index (χ4v) is 3.40. The molecule has 110 valence electrons. The summed E-state index contributed by atoms with van der Waals surface area (Å²) in [6.45, 7) is 6.77. The van der Waals surface area contributed by atoms with Crippen molar-refractivity contribution in [3.8, 4) is 0 Å². The van der Waals surface area contributed by atoms with Crippen LogP contribution in [0.3, 0.4) is 0 Å². The molecule has 2 N–H and O–H groups in total. The van der Waals surface area contributed by atoms with E-state index in [1.165, 1.54) is 5.69 Å². The molecule has 0 amide bonds. The van der Waals surface area contributed by atoms with Crippen LogP contribution in [0.25, 0.3) is 4.96 Å². The minimum atomic E-state index is 0.185. The Bertz CT molecular complexity index is 579. The minimum Gasteiger partial charge on any atom is -0.377 e. The topological polar surface area (TPSA) is 55.8 Å². The molecule has 2 aromatic rings. The van der Waals surface area contributed by atoms with Gasteiger partial charge in [0.05, 0.1) is 24.9 Å². The fraction of sp³-hybridized carbons (Fsp3) is 0.643. The third-order valence-corrected chi connectivity index (χ3v) is 4.72.